The first-order valence-corrected chi connectivity index (χ1v) is 7.52. The van der Waals surface area contributed by atoms with E-state index in [1.54, 1.807) is 24.3 Å². The Bertz CT molecular complexity index is 528. The maximum atomic E-state index is 13.0. The molecule has 116 valence electrons. The summed E-state index contributed by atoms with van der Waals surface area (Å²) in [6, 6.07) is 0. The highest BCUT2D eigenvalue weighted by molar-refractivity contribution is 5.89. The van der Waals surface area contributed by atoms with Gasteiger partial charge in [-0.1, -0.05) is 13.8 Å². The molecule has 1 saturated carbocycles. The number of hydrogen-bond donors (Lipinski definition) is 2. The molecule has 1 aromatic heterocycles. The van der Waals surface area contributed by atoms with Gasteiger partial charge in [-0.05, 0) is 12.8 Å². The summed E-state index contributed by atoms with van der Waals surface area (Å²) < 4.78 is 5.86. The number of amides is 1. The van der Waals surface area contributed by atoms with Gasteiger partial charge in [0, 0.05) is 43.3 Å². The monoisotopic (exact) mass is 292 g/mol. The highest BCUT2D eigenvalue weighted by atomic mass is 16.5. The van der Waals surface area contributed by atoms with Crippen molar-refractivity contribution >= 4 is 5.91 Å². The number of H-pyrrole nitrogens is 1. The Morgan fingerprint density at radius 3 is 3.05 bits per heavy atom. The minimum atomic E-state index is -0.837. The zero-order valence-electron chi connectivity index (χ0n) is 12.9. The van der Waals surface area contributed by atoms with Crippen molar-refractivity contribution in [2.24, 2.45) is 17.1 Å². The van der Waals surface area contributed by atoms with E-state index in [1.165, 1.54) is 0 Å². The van der Waals surface area contributed by atoms with Gasteiger partial charge < -0.3 is 15.4 Å². The molecule has 1 aromatic rings. The van der Waals surface area contributed by atoms with Crippen LogP contribution in [0, 0.1) is 11.3 Å². The Labute approximate surface area is 125 Å². The number of nitrogens with one attached hydrogen (secondary N) is 1. The van der Waals surface area contributed by atoms with Crippen LogP contribution in [0.3, 0.4) is 0 Å². The summed E-state index contributed by atoms with van der Waals surface area (Å²) in [4.78, 5) is 14.7. The summed E-state index contributed by atoms with van der Waals surface area (Å²) in [6.07, 6.45) is 5.57. The highest BCUT2D eigenvalue weighted by Crippen LogP contribution is 2.57. The second-order valence-corrected chi connectivity index (χ2v) is 6.90. The van der Waals surface area contributed by atoms with Crippen LogP contribution in [0.2, 0.25) is 0 Å². The van der Waals surface area contributed by atoms with E-state index >= 15 is 0 Å². The van der Waals surface area contributed by atoms with Crippen molar-refractivity contribution in [2.45, 2.75) is 44.9 Å². The van der Waals surface area contributed by atoms with Crippen molar-refractivity contribution in [2.75, 3.05) is 13.7 Å². The predicted molar refractivity (Wildman–Crippen MR) is 78.2 cm³/mol. The van der Waals surface area contributed by atoms with Gasteiger partial charge in [-0.3, -0.25) is 9.89 Å². The number of rotatable bonds is 3. The first-order valence-electron chi connectivity index (χ1n) is 7.52. The minimum Gasteiger partial charge on any atom is -0.377 e. The van der Waals surface area contributed by atoms with E-state index in [2.05, 4.69) is 10.2 Å². The van der Waals surface area contributed by atoms with Crippen LogP contribution in [-0.4, -0.2) is 46.3 Å². The summed E-state index contributed by atoms with van der Waals surface area (Å²) in [6.45, 7) is 5.38. The van der Waals surface area contributed by atoms with Crippen LogP contribution in [0.25, 0.3) is 0 Å². The zero-order chi connectivity index (χ0) is 15.3. The van der Waals surface area contributed by atoms with Crippen LogP contribution in [0.4, 0.5) is 0 Å². The number of likely N-dealkylation sites (N-methyl/N-ethyl adjacent to an activating group) is 1. The lowest BCUT2D eigenvalue weighted by molar-refractivity contribution is -0.229. The fourth-order valence-electron chi connectivity index (χ4n) is 4.04. The van der Waals surface area contributed by atoms with E-state index in [4.69, 9.17) is 10.5 Å². The third kappa shape index (κ3) is 1.92. The molecule has 6 nitrogen and oxygen atoms in total. The number of nitrogens with zero attached hydrogens (tertiary/aromatic N) is 2. The van der Waals surface area contributed by atoms with Crippen LogP contribution in [0.15, 0.2) is 12.4 Å². The number of fused-ring (bicyclic) bond motifs is 1. The van der Waals surface area contributed by atoms with Crippen LogP contribution < -0.4 is 5.73 Å². The molecule has 2 heterocycles. The lowest BCUT2D eigenvalue weighted by atomic mass is 9.46. The predicted octanol–water partition coefficient (Wildman–Crippen LogP) is 0.901. The van der Waals surface area contributed by atoms with E-state index in [9.17, 15) is 4.79 Å². The van der Waals surface area contributed by atoms with E-state index in [-0.39, 0.29) is 23.3 Å². The summed E-state index contributed by atoms with van der Waals surface area (Å²) >= 11 is 0. The molecule has 3 rings (SSSR count). The normalized spacial score (nSPS) is 33.9. The molecule has 0 radical (unpaired) electrons. The quantitative estimate of drug-likeness (QED) is 0.867. The van der Waals surface area contributed by atoms with Gasteiger partial charge in [-0.15, -0.1) is 0 Å². The number of carbonyl (C=O) groups is 1. The van der Waals surface area contributed by atoms with E-state index in [1.807, 2.05) is 13.8 Å². The Hall–Kier alpha value is -1.40. The van der Waals surface area contributed by atoms with Crippen molar-refractivity contribution < 1.29 is 9.53 Å². The molecule has 0 bridgehead atoms. The van der Waals surface area contributed by atoms with Crippen LogP contribution in [0.5, 0.6) is 0 Å². The van der Waals surface area contributed by atoms with Gasteiger partial charge in [0.2, 0.25) is 5.91 Å². The maximum Gasteiger partial charge on any atom is 0.243 e. The number of nitrogens with two attached hydrogens (primary N) is 1. The van der Waals surface area contributed by atoms with Crippen LogP contribution in [-0.2, 0) is 16.1 Å². The molecule has 0 spiro atoms. The fraction of sp³-hybridized carbons (Fsp3) is 0.733. The van der Waals surface area contributed by atoms with E-state index < -0.39 is 5.54 Å². The van der Waals surface area contributed by atoms with Gasteiger partial charge in [0.1, 0.15) is 5.54 Å². The van der Waals surface area contributed by atoms with Crippen molar-refractivity contribution in [3.05, 3.63) is 18.0 Å². The zero-order valence-corrected chi connectivity index (χ0v) is 12.9. The smallest absolute Gasteiger partial charge is 0.243 e. The largest absolute Gasteiger partial charge is 0.377 e. The van der Waals surface area contributed by atoms with Crippen molar-refractivity contribution in [3.8, 4) is 0 Å². The summed E-state index contributed by atoms with van der Waals surface area (Å²) in [5.41, 5.74) is 6.42. The second kappa shape index (κ2) is 4.81. The lowest BCUT2D eigenvalue weighted by Crippen LogP contribution is -2.82. The number of aromatic nitrogens is 2. The molecule has 1 saturated heterocycles. The Kier molecular flexibility index (Phi) is 3.33. The molecule has 21 heavy (non-hydrogen) atoms. The molecule has 1 aliphatic heterocycles. The Morgan fingerprint density at radius 1 is 1.62 bits per heavy atom. The molecule has 6 heteroatoms. The van der Waals surface area contributed by atoms with Gasteiger partial charge in [-0.25, -0.2) is 0 Å². The van der Waals surface area contributed by atoms with E-state index in [0.29, 0.717) is 6.54 Å². The molecule has 3 N–H and O–H groups in total. The molecule has 2 fully saturated rings. The lowest BCUT2D eigenvalue weighted by Gasteiger charge is -2.65. The van der Waals surface area contributed by atoms with Gasteiger partial charge in [0.25, 0.3) is 0 Å². The number of carbonyl (C=O) groups excluding carboxylic acids is 1. The van der Waals surface area contributed by atoms with Gasteiger partial charge in [0.15, 0.2) is 0 Å². The fourth-order valence-corrected chi connectivity index (χ4v) is 4.04. The maximum absolute atomic E-state index is 13.0. The average molecular weight is 292 g/mol. The van der Waals surface area contributed by atoms with Crippen molar-refractivity contribution in [1.29, 1.82) is 0 Å². The number of aromatic amines is 1. The standard InChI is InChI=1S/C15H24N4O2/c1-14(2)12-11(5-4-6-21-12)15(14,16)13(20)19(3)9-10-7-17-18-8-10/h7-8,11-12H,4-6,9,16H2,1-3H3,(H,17,18). The summed E-state index contributed by atoms with van der Waals surface area (Å²) in [7, 11) is 1.80. The van der Waals surface area contributed by atoms with Crippen molar-refractivity contribution in [1.82, 2.24) is 15.1 Å². The molecular weight excluding hydrogens is 268 g/mol. The molecule has 3 unspecified atom stereocenters. The van der Waals surface area contributed by atoms with Crippen molar-refractivity contribution in [3.63, 3.8) is 0 Å². The van der Waals surface area contributed by atoms with Crippen LogP contribution >= 0.6 is 0 Å². The Balaban J connectivity index is 1.79. The first-order chi connectivity index (χ1) is 9.89. The van der Waals surface area contributed by atoms with E-state index in [0.717, 1.165) is 25.0 Å². The highest BCUT2D eigenvalue weighted by Gasteiger charge is 2.70. The molecule has 1 aliphatic carbocycles. The summed E-state index contributed by atoms with van der Waals surface area (Å²) in [5, 5.41) is 6.67. The molecule has 3 atom stereocenters. The van der Waals surface area contributed by atoms with Gasteiger partial charge in [-0.2, -0.15) is 5.10 Å². The van der Waals surface area contributed by atoms with Gasteiger partial charge >= 0.3 is 0 Å². The molecule has 2 aliphatic rings. The SMILES string of the molecule is CN(Cc1cn[nH]c1)C(=O)C1(N)C2CCCOC2C1(C)C. The van der Waals surface area contributed by atoms with Crippen LogP contribution in [0.1, 0.15) is 32.3 Å². The molecular formula is C15H24N4O2. The third-order valence-corrected chi connectivity index (χ3v) is 5.36. The second-order valence-electron chi connectivity index (χ2n) is 6.90. The number of ether oxygens (including phenoxy) is 1. The molecule has 1 amide bonds. The molecule has 0 aromatic carbocycles. The topological polar surface area (TPSA) is 84.2 Å². The number of hydrogen-bond acceptors (Lipinski definition) is 4. The average Bonchev–Trinajstić information content (AvgIpc) is 2.98. The summed E-state index contributed by atoms with van der Waals surface area (Å²) in [5.74, 6) is 0.126. The third-order valence-electron chi connectivity index (χ3n) is 5.36. The first kappa shape index (κ1) is 14.5. The Morgan fingerprint density at radius 2 is 2.38 bits per heavy atom. The minimum absolute atomic E-state index is 0.000417. The van der Waals surface area contributed by atoms with Gasteiger partial charge in [0.05, 0.1) is 12.3 Å².